The Balaban J connectivity index is 0.00000625. The molecule has 0 heterocycles. The number of rotatable bonds is 10. The van der Waals surface area contributed by atoms with E-state index in [1.807, 2.05) is 0 Å². The van der Waals surface area contributed by atoms with E-state index in [4.69, 9.17) is 32.7 Å². The van der Waals surface area contributed by atoms with Crippen LogP contribution in [0.25, 0.3) is 0 Å². The van der Waals surface area contributed by atoms with E-state index in [1.54, 1.807) is 14.2 Å². The summed E-state index contributed by atoms with van der Waals surface area (Å²) in [5.74, 6) is 0.348. The zero-order chi connectivity index (χ0) is 18.7. The van der Waals surface area contributed by atoms with Gasteiger partial charge in [0.05, 0.1) is 24.8 Å². The van der Waals surface area contributed by atoms with Gasteiger partial charge < -0.3 is 24.8 Å². The third-order valence-electron chi connectivity index (χ3n) is 2.93. The molecule has 0 spiro atoms. The first-order valence-electron chi connectivity index (χ1n) is 7.41. The number of hydrogen-bond acceptors (Lipinski definition) is 4. The van der Waals surface area contributed by atoms with Crippen molar-refractivity contribution in [3.8, 4) is 5.75 Å². The zero-order valence-electron chi connectivity index (χ0n) is 14.4. The molecule has 0 amide bonds. The van der Waals surface area contributed by atoms with E-state index in [1.165, 1.54) is 12.1 Å². The number of alkyl halides is 2. The van der Waals surface area contributed by atoms with Crippen molar-refractivity contribution in [1.82, 2.24) is 10.6 Å². The molecule has 6 nitrogen and oxygen atoms in total. The van der Waals surface area contributed by atoms with Crippen LogP contribution in [0.4, 0.5) is 8.78 Å². The van der Waals surface area contributed by atoms with Gasteiger partial charge in [0.1, 0.15) is 5.75 Å². The molecule has 0 unspecified atom stereocenters. The lowest BCUT2D eigenvalue weighted by Gasteiger charge is -2.16. The van der Waals surface area contributed by atoms with Crippen LogP contribution in [-0.4, -0.2) is 53.1 Å². The minimum atomic E-state index is -2.99. The molecule has 0 aliphatic rings. The first-order chi connectivity index (χ1) is 12.0. The third kappa shape index (κ3) is 9.91. The van der Waals surface area contributed by atoms with Crippen LogP contribution in [-0.2, 0) is 16.0 Å². The Labute approximate surface area is 178 Å². The van der Waals surface area contributed by atoms with Crippen molar-refractivity contribution in [3.05, 3.63) is 27.7 Å². The summed E-state index contributed by atoms with van der Waals surface area (Å²) in [7, 11) is 3.18. The average Bonchev–Trinajstić information content (AvgIpc) is 2.56. The maximum atomic E-state index is 12.5. The molecule has 1 aromatic rings. The molecule has 0 saturated carbocycles. The molecule has 150 valence electrons. The molecule has 11 heteroatoms. The van der Waals surface area contributed by atoms with Crippen LogP contribution in [0, 0.1) is 0 Å². The van der Waals surface area contributed by atoms with E-state index in [2.05, 4.69) is 20.4 Å². The van der Waals surface area contributed by atoms with Gasteiger partial charge >= 0.3 is 6.61 Å². The summed E-state index contributed by atoms with van der Waals surface area (Å²) in [4.78, 5) is 4.03. The van der Waals surface area contributed by atoms with Crippen LogP contribution in [0.3, 0.4) is 0 Å². The smallest absolute Gasteiger partial charge is 0.387 e. The zero-order valence-corrected chi connectivity index (χ0v) is 18.2. The molecule has 0 radical (unpaired) electrons. The van der Waals surface area contributed by atoms with Gasteiger partial charge in [-0.1, -0.05) is 23.2 Å². The van der Waals surface area contributed by atoms with Crippen molar-refractivity contribution in [2.75, 3.05) is 40.5 Å². The summed E-state index contributed by atoms with van der Waals surface area (Å²) in [6, 6.07) is 2.84. The Kier molecular flexibility index (Phi) is 14.1. The Morgan fingerprint density at radius 3 is 2.54 bits per heavy atom. The number of nitrogens with zero attached hydrogens (tertiary/aromatic N) is 1. The summed E-state index contributed by atoms with van der Waals surface area (Å²) in [5.41, 5.74) is 0.386. The fourth-order valence-electron chi connectivity index (χ4n) is 1.85. The van der Waals surface area contributed by atoms with Crippen LogP contribution >= 0.6 is 47.2 Å². The SMILES string of the molecule is CN=C(NCCOCCOC)NCc1cc(Cl)cc(Cl)c1OC(F)F.I. The second-order valence-electron chi connectivity index (χ2n) is 4.71. The molecule has 0 saturated heterocycles. The number of hydrogen-bond donors (Lipinski definition) is 2. The number of methoxy groups -OCH3 is 1. The molecule has 0 aromatic heterocycles. The van der Waals surface area contributed by atoms with E-state index >= 15 is 0 Å². The first kappa shape index (κ1) is 25.4. The van der Waals surface area contributed by atoms with Gasteiger partial charge in [0.25, 0.3) is 0 Å². The normalized spacial score (nSPS) is 11.3. The average molecular weight is 528 g/mol. The van der Waals surface area contributed by atoms with E-state index < -0.39 is 6.61 Å². The van der Waals surface area contributed by atoms with Gasteiger partial charge in [-0.2, -0.15) is 8.78 Å². The standard InChI is InChI=1S/C15H21Cl2F2N3O3.HI/c1-20-15(21-3-4-24-6-5-23-2)22-9-10-7-11(16)8-12(17)13(10)25-14(18)19;/h7-8,14H,3-6,9H2,1-2H3,(H2,20,21,22);1H. The molecular weight excluding hydrogens is 506 g/mol. The fourth-order valence-corrected chi connectivity index (χ4v) is 2.43. The van der Waals surface area contributed by atoms with Crippen molar-refractivity contribution >= 4 is 53.1 Å². The molecule has 0 atom stereocenters. The third-order valence-corrected chi connectivity index (χ3v) is 3.43. The van der Waals surface area contributed by atoms with E-state index in [9.17, 15) is 8.78 Å². The highest BCUT2D eigenvalue weighted by molar-refractivity contribution is 14.0. The Morgan fingerprint density at radius 1 is 1.19 bits per heavy atom. The van der Waals surface area contributed by atoms with Crippen LogP contribution in [0.15, 0.2) is 17.1 Å². The number of halogens is 5. The first-order valence-corrected chi connectivity index (χ1v) is 8.17. The number of guanidine groups is 1. The quantitative estimate of drug-likeness (QED) is 0.211. The minimum Gasteiger partial charge on any atom is -0.433 e. The number of benzene rings is 1. The molecular formula is C15H22Cl2F2IN3O3. The minimum absolute atomic E-state index is 0. The van der Waals surface area contributed by atoms with Gasteiger partial charge in [-0.25, -0.2) is 0 Å². The maximum Gasteiger partial charge on any atom is 0.387 e. The summed E-state index contributed by atoms with van der Waals surface area (Å²) in [6.45, 7) is -0.840. The van der Waals surface area contributed by atoms with Crippen molar-refractivity contribution in [1.29, 1.82) is 0 Å². The van der Waals surface area contributed by atoms with Gasteiger partial charge in [0.15, 0.2) is 5.96 Å². The lowest BCUT2D eigenvalue weighted by molar-refractivity contribution is -0.0504. The molecule has 0 aliphatic carbocycles. The molecule has 0 bridgehead atoms. The predicted molar refractivity (Wildman–Crippen MR) is 109 cm³/mol. The second kappa shape index (κ2) is 14.4. The van der Waals surface area contributed by atoms with Crippen LogP contribution in [0.5, 0.6) is 5.75 Å². The van der Waals surface area contributed by atoms with Crippen LogP contribution in [0.1, 0.15) is 5.56 Å². The highest BCUT2D eigenvalue weighted by Crippen LogP contribution is 2.33. The van der Waals surface area contributed by atoms with E-state index in [0.29, 0.717) is 42.9 Å². The van der Waals surface area contributed by atoms with Gasteiger partial charge in [0, 0.05) is 37.8 Å². The lowest BCUT2D eigenvalue weighted by Crippen LogP contribution is -2.38. The summed E-state index contributed by atoms with van der Waals surface area (Å²) < 4.78 is 39.8. The highest BCUT2D eigenvalue weighted by atomic mass is 127. The largest absolute Gasteiger partial charge is 0.433 e. The summed E-state index contributed by atoms with van der Waals surface area (Å²) in [5, 5.41) is 6.33. The molecule has 2 N–H and O–H groups in total. The van der Waals surface area contributed by atoms with Gasteiger partial charge in [-0.05, 0) is 12.1 Å². The molecule has 1 aromatic carbocycles. The Hall–Kier alpha value is -0.620. The predicted octanol–water partition coefficient (Wildman–Crippen LogP) is 3.54. The van der Waals surface area contributed by atoms with Crippen LogP contribution < -0.4 is 15.4 Å². The highest BCUT2D eigenvalue weighted by Gasteiger charge is 2.15. The molecule has 0 fully saturated rings. The van der Waals surface area contributed by atoms with E-state index in [-0.39, 0.29) is 41.3 Å². The Morgan fingerprint density at radius 2 is 1.92 bits per heavy atom. The van der Waals surface area contributed by atoms with Gasteiger partial charge in [-0.15, -0.1) is 24.0 Å². The van der Waals surface area contributed by atoms with E-state index in [0.717, 1.165) is 0 Å². The van der Waals surface area contributed by atoms with Crippen LogP contribution in [0.2, 0.25) is 10.0 Å². The molecule has 0 aliphatic heterocycles. The topological polar surface area (TPSA) is 64.1 Å². The number of aliphatic imine (C=N–C) groups is 1. The van der Waals surface area contributed by atoms with Crippen molar-refractivity contribution in [3.63, 3.8) is 0 Å². The van der Waals surface area contributed by atoms with Crippen molar-refractivity contribution in [2.45, 2.75) is 13.2 Å². The maximum absolute atomic E-state index is 12.5. The van der Waals surface area contributed by atoms with Gasteiger partial charge in [-0.3, -0.25) is 4.99 Å². The number of ether oxygens (including phenoxy) is 3. The molecule has 26 heavy (non-hydrogen) atoms. The lowest BCUT2D eigenvalue weighted by atomic mass is 10.2. The monoisotopic (exact) mass is 527 g/mol. The summed E-state index contributed by atoms with van der Waals surface area (Å²) in [6.07, 6.45) is 0. The fraction of sp³-hybridized carbons (Fsp3) is 0.533. The summed E-state index contributed by atoms with van der Waals surface area (Å²) >= 11 is 11.9. The second-order valence-corrected chi connectivity index (χ2v) is 5.56. The Bertz CT molecular complexity index is 569. The van der Waals surface area contributed by atoms with Gasteiger partial charge in [0.2, 0.25) is 0 Å². The number of nitrogens with one attached hydrogen (secondary N) is 2. The van der Waals surface area contributed by atoms with Crippen molar-refractivity contribution in [2.24, 2.45) is 4.99 Å². The van der Waals surface area contributed by atoms with Crippen molar-refractivity contribution < 1.29 is 23.0 Å². The molecule has 1 rings (SSSR count).